The van der Waals surface area contributed by atoms with Crippen molar-refractivity contribution in [1.82, 2.24) is 14.5 Å². The summed E-state index contributed by atoms with van der Waals surface area (Å²) in [6.07, 6.45) is 2.88. The van der Waals surface area contributed by atoms with Gasteiger partial charge in [-0.1, -0.05) is 18.2 Å². The number of nitrogens with zero attached hydrogens (tertiary/aromatic N) is 4. The second kappa shape index (κ2) is 8.07. The van der Waals surface area contributed by atoms with Crippen molar-refractivity contribution in [3.8, 4) is 0 Å². The lowest BCUT2D eigenvalue weighted by Crippen LogP contribution is -2.46. The number of rotatable bonds is 5. The molecule has 1 fully saturated rings. The summed E-state index contributed by atoms with van der Waals surface area (Å²) >= 11 is 1.89. The normalized spacial score (nSPS) is 16.5. The molecule has 0 radical (unpaired) electrons. The van der Waals surface area contributed by atoms with Crippen LogP contribution in [0.15, 0.2) is 42.7 Å². The Balaban J connectivity index is 1.46. The van der Waals surface area contributed by atoms with Crippen LogP contribution in [0.4, 0.5) is 5.69 Å². The number of aryl methyl sites for hydroxylation is 3. The number of anilines is 1. The van der Waals surface area contributed by atoms with E-state index in [4.69, 9.17) is 0 Å². The number of para-hydroxylation sites is 1. The molecule has 1 aromatic carbocycles. The molecule has 0 unspecified atom stereocenters. The van der Waals surface area contributed by atoms with Crippen molar-refractivity contribution < 1.29 is 5.11 Å². The van der Waals surface area contributed by atoms with Crippen LogP contribution >= 0.6 is 11.3 Å². The second-order valence-electron chi connectivity index (χ2n) is 7.56. The maximum absolute atomic E-state index is 10.9. The van der Waals surface area contributed by atoms with E-state index in [-0.39, 0.29) is 0 Å². The van der Waals surface area contributed by atoms with Crippen LogP contribution in [0.3, 0.4) is 0 Å². The molecule has 0 amide bonds. The topological polar surface area (TPSA) is 44.5 Å². The molecule has 28 heavy (non-hydrogen) atoms. The number of hydrogen-bond acceptors (Lipinski definition) is 5. The van der Waals surface area contributed by atoms with E-state index < -0.39 is 6.10 Å². The van der Waals surface area contributed by atoms with Gasteiger partial charge in [0.1, 0.15) is 11.9 Å². The van der Waals surface area contributed by atoms with Gasteiger partial charge in [-0.15, -0.1) is 11.3 Å². The fraction of sp³-hybridized carbons (Fsp3) is 0.409. The molecular weight excluding hydrogens is 368 g/mol. The van der Waals surface area contributed by atoms with Crippen LogP contribution in [0.5, 0.6) is 0 Å². The number of aliphatic hydroxyl groups excluding tert-OH is 1. The van der Waals surface area contributed by atoms with Gasteiger partial charge in [0.15, 0.2) is 0 Å². The molecule has 0 aliphatic carbocycles. The Hall–Kier alpha value is -2.15. The highest BCUT2D eigenvalue weighted by atomic mass is 32.1. The minimum absolute atomic E-state index is 0.675. The van der Waals surface area contributed by atoms with Crippen molar-refractivity contribution in [3.63, 3.8) is 0 Å². The molecule has 3 heterocycles. The number of piperazine rings is 1. The highest BCUT2D eigenvalue weighted by Gasteiger charge is 2.24. The minimum atomic E-state index is -0.717. The summed E-state index contributed by atoms with van der Waals surface area (Å²) in [7, 11) is 1.92. The first-order valence-corrected chi connectivity index (χ1v) is 10.6. The summed E-state index contributed by atoms with van der Waals surface area (Å²) in [6.45, 7) is 9.42. The van der Waals surface area contributed by atoms with E-state index in [9.17, 15) is 5.11 Å². The molecule has 0 spiro atoms. The van der Waals surface area contributed by atoms with Crippen molar-refractivity contribution in [3.05, 3.63) is 69.4 Å². The predicted octanol–water partition coefficient (Wildman–Crippen LogP) is 3.50. The SMILES string of the molecule is Cc1cc(CN2CCN(c3ccccc3[C@@H](O)c3nccn3C)CC2)c(C)s1. The Bertz CT molecular complexity index is 940. The lowest BCUT2D eigenvalue weighted by atomic mass is 10.0. The van der Waals surface area contributed by atoms with Gasteiger partial charge in [-0.3, -0.25) is 4.90 Å². The molecule has 1 aliphatic rings. The van der Waals surface area contributed by atoms with Crippen LogP contribution in [0.2, 0.25) is 0 Å². The van der Waals surface area contributed by atoms with Crippen molar-refractivity contribution in [2.24, 2.45) is 7.05 Å². The van der Waals surface area contributed by atoms with Crippen LogP contribution in [-0.2, 0) is 13.6 Å². The third-order valence-electron chi connectivity index (χ3n) is 5.59. The van der Waals surface area contributed by atoms with E-state index in [0.29, 0.717) is 5.82 Å². The molecule has 2 aromatic heterocycles. The molecule has 1 saturated heterocycles. The quantitative estimate of drug-likeness (QED) is 0.717. The van der Waals surface area contributed by atoms with Crippen molar-refractivity contribution in [1.29, 1.82) is 0 Å². The molecule has 0 bridgehead atoms. The minimum Gasteiger partial charge on any atom is -0.380 e. The predicted molar refractivity (Wildman–Crippen MR) is 115 cm³/mol. The molecule has 1 aliphatic heterocycles. The van der Waals surface area contributed by atoms with Gasteiger partial charge in [0.2, 0.25) is 0 Å². The first-order chi connectivity index (χ1) is 13.5. The summed E-state index contributed by atoms with van der Waals surface area (Å²) in [6, 6.07) is 10.5. The number of benzene rings is 1. The molecule has 4 rings (SSSR count). The third kappa shape index (κ3) is 3.85. The number of aromatic nitrogens is 2. The molecular formula is C22H28N4OS. The molecule has 6 heteroatoms. The summed E-state index contributed by atoms with van der Waals surface area (Å²) < 4.78 is 1.88. The van der Waals surface area contributed by atoms with Crippen LogP contribution in [0.1, 0.15) is 32.8 Å². The van der Waals surface area contributed by atoms with E-state index in [1.54, 1.807) is 6.20 Å². The number of hydrogen-bond donors (Lipinski definition) is 1. The smallest absolute Gasteiger partial charge is 0.142 e. The highest BCUT2D eigenvalue weighted by molar-refractivity contribution is 7.12. The van der Waals surface area contributed by atoms with Gasteiger partial charge in [0, 0.05) is 73.2 Å². The highest BCUT2D eigenvalue weighted by Crippen LogP contribution is 2.31. The summed E-state index contributed by atoms with van der Waals surface area (Å²) in [5.41, 5.74) is 3.50. The van der Waals surface area contributed by atoms with Gasteiger partial charge in [-0.05, 0) is 31.5 Å². The number of imidazole rings is 1. The van der Waals surface area contributed by atoms with Gasteiger partial charge in [0.25, 0.3) is 0 Å². The zero-order chi connectivity index (χ0) is 19.7. The van der Waals surface area contributed by atoms with Crippen molar-refractivity contribution >= 4 is 17.0 Å². The van der Waals surface area contributed by atoms with Gasteiger partial charge in [0.05, 0.1) is 0 Å². The van der Waals surface area contributed by atoms with Crippen LogP contribution in [0.25, 0.3) is 0 Å². The van der Waals surface area contributed by atoms with E-state index in [0.717, 1.165) is 44.0 Å². The first-order valence-electron chi connectivity index (χ1n) is 9.80. The molecule has 0 saturated carbocycles. The van der Waals surface area contributed by atoms with E-state index >= 15 is 0 Å². The van der Waals surface area contributed by atoms with E-state index in [1.807, 2.05) is 47.3 Å². The maximum Gasteiger partial charge on any atom is 0.142 e. The molecule has 1 N–H and O–H groups in total. The standard InChI is InChI=1S/C22H28N4OS/c1-16-14-18(17(2)28-16)15-25-10-12-26(13-11-25)20-7-5-4-6-19(20)21(27)22-23-8-9-24(22)3/h4-9,14,21,27H,10-13,15H2,1-3H3/t21-/m1/s1. The van der Waals surface area contributed by atoms with Crippen LogP contribution < -0.4 is 4.90 Å². The van der Waals surface area contributed by atoms with Gasteiger partial charge >= 0.3 is 0 Å². The summed E-state index contributed by atoms with van der Waals surface area (Å²) in [4.78, 5) is 12.1. The summed E-state index contributed by atoms with van der Waals surface area (Å²) in [5, 5.41) is 10.9. The maximum atomic E-state index is 10.9. The van der Waals surface area contributed by atoms with E-state index in [1.165, 1.54) is 15.3 Å². The fourth-order valence-corrected chi connectivity index (χ4v) is 4.95. The van der Waals surface area contributed by atoms with Crippen LogP contribution in [-0.4, -0.2) is 45.7 Å². The zero-order valence-electron chi connectivity index (χ0n) is 16.8. The fourth-order valence-electron chi connectivity index (χ4n) is 4.01. The Morgan fingerprint density at radius 2 is 1.89 bits per heavy atom. The Morgan fingerprint density at radius 3 is 2.54 bits per heavy atom. The average molecular weight is 397 g/mol. The van der Waals surface area contributed by atoms with Gasteiger partial charge in [-0.2, -0.15) is 0 Å². The first kappa shape index (κ1) is 19.2. The molecule has 5 nitrogen and oxygen atoms in total. The second-order valence-corrected chi connectivity index (χ2v) is 9.02. The average Bonchev–Trinajstić information content (AvgIpc) is 3.26. The van der Waals surface area contributed by atoms with Crippen LogP contribution in [0, 0.1) is 13.8 Å². The Labute approximate surface area is 170 Å². The zero-order valence-corrected chi connectivity index (χ0v) is 17.6. The van der Waals surface area contributed by atoms with E-state index in [2.05, 4.69) is 40.8 Å². The van der Waals surface area contributed by atoms with Gasteiger partial charge in [-0.25, -0.2) is 4.98 Å². The molecule has 148 valence electrons. The van der Waals surface area contributed by atoms with Crippen molar-refractivity contribution in [2.45, 2.75) is 26.5 Å². The van der Waals surface area contributed by atoms with Gasteiger partial charge < -0.3 is 14.6 Å². The summed E-state index contributed by atoms with van der Waals surface area (Å²) in [5.74, 6) is 0.675. The number of thiophene rings is 1. The lowest BCUT2D eigenvalue weighted by molar-refractivity contribution is 0.205. The van der Waals surface area contributed by atoms with Crippen molar-refractivity contribution in [2.75, 3.05) is 31.1 Å². The third-order valence-corrected chi connectivity index (χ3v) is 6.59. The Morgan fingerprint density at radius 1 is 1.14 bits per heavy atom. The molecule has 3 aromatic rings. The Kier molecular flexibility index (Phi) is 5.53. The monoisotopic (exact) mass is 396 g/mol. The number of aliphatic hydroxyl groups is 1. The largest absolute Gasteiger partial charge is 0.380 e. The lowest BCUT2D eigenvalue weighted by Gasteiger charge is -2.37. The molecule has 1 atom stereocenters.